The molecule has 4 aromatic rings. The van der Waals surface area contributed by atoms with Crippen LogP contribution in [0.2, 0.25) is 0 Å². The molecule has 11 nitrogen and oxygen atoms in total. The summed E-state index contributed by atoms with van der Waals surface area (Å²) in [5, 5.41) is 19.0. The first-order chi connectivity index (χ1) is 21.2. The fourth-order valence-electron chi connectivity index (χ4n) is 4.20. The Morgan fingerprint density at radius 3 is 1.56 bits per heavy atom. The van der Waals surface area contributed by atoms with Crippen molar-refractivity contribution in [3.8, 4) is 0 Å². The summed E-state index contributed by atoms with van der Waals surface area (Å²) in [6, 6.07) is 6.62. The van der Waals surface area contributed by atoms with E-state index in [4.69, 9.17) is 24.4 Å². The predicted octanol–water partition coefficient (Wildman–Crippen LogP) is 5.10. The number of thiophene rings is 4. The second-order valence-electron chi connectivity index (χ2n) is 8.74. The Kier molecular flexibility index (Phi) is 12.7. The monoisotopic (exact) mass is 692 g/mol. The van der Waals surface area contributed by atoms with E-state index >= 15 is 0 Å². The first-order valence-electron chi connectivity index (χ1n) is 12.8. The SMILES string of the molecule is C.CCOC(=O)COCc1cc2c(s1)C(=O)c1sccc1C2=O.CO.O=C(O)COCc1cc2c(s1)C(=O)c1sccc1C2=O. The normalized spacial score (nSPS) is 12.3. The van der Waals surface area contributed by atoms with Crippen molar-refractivity contribution < 1.29 is 53.2 Å². The van der Waals surface area contributed by atoms with Crippen LogP contribution in [0.5, 0.6) is 0 Å². The quantitative estimate of drug-likeness (QED) is 0.193. The molecule has 0 saturated carbocycles. The van der Waals surface area contributed by atoms with Gasteiger partial charge in [-0.15, -0.1) is 45.3 Å². The average Bonchev–Trinajstić information content (AvgIpc) is 3.82. The molecule has 0 aliphatic heterocycles. The van der Waals surface area contributed by atoms with Crippen LogP contribution in [0.25, 0.3) is 0 Å². The minimum atomic E-state index is -1.05. The maximum absolute atomic E-state index is 12.3. The minimum Gasteiger partial charge on any atom is -0.480 e. The summed E-state index contributed by atoms with van der Waals surface area (Å²) < 4.78 is 15.0. The summed E-state index contributed by atoms with van der Waals surface area (Å²) >= 11 is 4.96. The Hall–Kier alpha value is -3.70. The highest BCUT2D eigenvalue weighted by atomic mass is 32.1. The van der Waals surface area contributed by atoms with Crippen LogP contribution in [0.15, 0.2) is 35.0 Å². The lowest BCUT2D eigenvalue weighted by Gasteiger charge is -2.08. The van der Waals surface area contributed by atoms with Crippen LogP contribution in [-0.2, 0) is 37.0 Å². The maximum Gasteiger partial charge on any atom is 0.332 e. The van der Waals surface area contributed by atoms with Crippen molar-refractivity contribution in [1.29, 1.82) is 0 Å². The number of rotatable bonds is 9. The second-order valence-corrected chi connectivity index (χ2v) is 12.8. The van der Waals surface area contributed by atoms with Crippen LogP contribution < -0.4 is 0 Å². The molecule has 0 spiro atoms. The molecule has 45 heavy (non-hydrogen) atoms. The third-order valence-corrected chi connectivity index (χ3v) is 9.98. The van der Waals surface area contributed by atoms with E-state index in [-0.39, 0.29) is 50.4 Å². The van der Waals surface area contributed by atoms with Crippen LogP contribution in [0.3, 0.4) is 0 Å². The van der Waals surface area contributed by atoms with Crippen molar-refractivity contribution in [2.45, 2.75) is 27.6 Å². The van der Waals surface area contributed by atoms with Crippen LogP contribution >= 0.6 is 45.3 Å². The fourth-order valence-corrected chi connectivity index (χ4v) is 8.08. The lowest BCUT2D eigenvalue weighted by molar-refractivity contribution is -0.148. The van der Waals surface area contributed by atoms with E-state index < -0.39 is 18.5 Å². The molecule has 15 heteroatoms. The van der Waals surface area contributed by atoms with Crippen molar-refractivity contribution in [2.24, 2.45) is 0 Å². The van der Waals surface area contributed by atoms with E-state index in [1.807, 2.05) is 0 Å². The molecule has 238 valence electrons. The number of carboxylic acids is 1. The lowest BCUT2D eigenvalue weighted by atomic mass is 9.95. The van der Waals surface area contributed by atoms with E-state index in [0.29, 0.717) is 53.2 Å². The number of fused-ring (bicyclic) bond motifs is 4. The topological polar surface area (TPSA) is 171 Å². The van der Waals surface area contributed by atoms with Gasteiger partial charge in [0.25, 0.3) is 0 Å². The smallest absolute Gasteiger partial charge is 0.332 e. The highest BCUT2D eigenvalue weighted by Gasteiger charge is 2.34. The number of carbonyl (C=O) groups excluding carboxylic acids is 5. The summed E-state index contributed by atoms with van der Waals surface area (Å²) in [7, 11) is 1.00. The van der Waals surface area contributed by atoms with Crippen LogP contribution in [0.4, 0.5) is 0 Å². The maximum atomic E-state index is 12.3. The Labute approximate surface area is 273 Å². The zero-order valence-electron chi connectivity index (χ0n) is 23.2. The van der Waals surface area contributed by atoms with Crippen molar-refractivity contribution in [3.63, 3.8) is 0 Å². The van der Waals surface area contributed by atoms with Crippen LogP contribution in [-0.4, -0.2) is 72.2 Å². The predicted molar refractivity (Wildman–Crippen MR) is 169 cm³/mol. The zero-order chi connectivity index (χ0) is 32.0. The molecular weight excluding hydrogens is 665 g/mol. The lowest BCUT2D eigenvalue weighted by Crippen LogP contribution is -2.15. The first kappa shape index (κ1) is 35.8. The van der Waals surface area contributed by atoms with Gasteiger partial charge >= 0.3 is 11.9 Å². The summed E-state index contributed by atoms with van der Waals surface area (Å²) in [4.78, 5) is 74.0. The number of ether oxygens (including phenoxy) is 3. The number of esters is 1. The van der Waals surface area contributed by atoms with Crippen molar-refractivity contribution >= 4 is 80.4 Å². The summed E-state index contributed by atoms with van der Waals surface area (Å²) in [6.07, 6.45) is 0. The molecule has 2 aliphatic rings. The van der Waals surface area contributed by atoms with Crippen LogP contribution in [0.1, 0.15) is 85.0 Å². The highest BCUT2D eigenvalue weighted by molar-refractivity contribution is 7.18. The largest absolute Gasteiger partial charge is 0.480 e. The van der Waals surface area contributed by atoms with Crippen molar-refractivity contribution in [3.05, 3.63) is 86.5 Å². The van der Waals surface area contributed by atoms with Gasteiger partial charge in [-0.25, -0.2) is 9.59 Å². The van der Waals surface area contributed by atoms with Crippen LogP contribution in [0, 0.1) is 0 Å². The number of aliphatic carboxylic acids is 1. The number of hydrogen-bond donors (Lipinski definition) is 2. The van der Waals surface area contributed by atoms with Gasteiger partial charge in [-0.3, -0.25) is 19.2 Å². The molecule has 0 radical (unpaired) electrons. The number of hydrogen-bond acceptors (Lipinski definition) is 14. The van der Waals surface area contributed by atoms with Crippen molar-refractivity contribution in [1.82, 2.24) is 0 Å². The Balaban J connectivity index is 0.000000229. The highest BCUT2D eigenvalue weighted by Crippen LogP contribution is 2.37. The van der Waals surface area contributed by atoms with Gasteiger partial charge in [-0.05, 0) is 41.9 Å². The molecule has 4 heterocycles. The van der Waals surface area contributed by atoms with Gasteiger partial charge in [-0.1, -0.05) is 7.43 Å². The molecular formula is C30H28O11S4. The molecule has 0 bridgehead atoms. The van der Waals surface area contributed by atoms with Gasteiger partial charge in [0.05, 0.1) is 39.3 Å². The van der Waals surface area contributed by atoms with E-state index in [1.54, 1.807) is 41.9 Å². The first-order valence-corrected chi connectivity index (χ1v) is 16.2. The average molecular weight is 693 g/mol. The zero-order valence-corrected chi connectivity index (χ0v) is 26.5. The fraction of sp³-hybridized carbons (Fsp3) is 0.267. The minimum absolute atomic E-state index is 0. The Morgan fingerprint density at radius 2 is 1.13 bits per heavy atom. The number of aliphatic hydroxyl groups is 1. The van der Waals surface area contributed by atoms with Gasteiger partial charge in [0, 0.05) is 39.1 Å². The van der Waals surface area contributed by atoms with Gasteiger partial charge in [-0.2, -0.15) is 0 Å². The van der Waals surface area contributed by atoms with Gasteiger partial charge < -0.3 is 24.4 Å². The second kappa shape index (κ2) is 16.0. The molecule has 0 atom stereocenters. The molecule has 0 unspecified atom stereocenters. The molecule has 0 saturated heterocycles. The summed E-state index contributed by atoms with van der Waals surface area (Å²) in [5.74, 6) is -2.02. The molecule has 0 amide bonds. The molecule has 4 aromatic heterocycles. The van der Waals surface area contributed by atoms with E-state index in [0.717, 1.165) is 12.0 Å². The summed E-state index contributed by atoms with van der Waals surface area (Å²) in [5.41, 5.74) is 1.73. The molecule has 0 fully saturated rings. The number of carbonyl (C=O) groups is 6. The number of ketones is 4. The molecule has 6 rings (SSSR count). The third-order valence-electron chi connectivity index (χ3n) is 5.94. The number of aliphatic hydroxyl groups excluding tert-OH is 1. The van der Waals surface area contributed by atoms with Gasteiger partial charge in [0.2, 0.25) is 11.6 Å². The van der Waals surface area contributed by atoms with E-state index in [2.05, 4.69) is 0 Å². The summed E-state index contributed by atoms with van der Waals surface area (Å²) in [6.45, 7) is 1.73. The van der Waals surface area contributed by atoms with E-state index in [1.165, 1.54) is 45.3 Å². The van der Waals surface area contributed by atoms with Gasteiger partial charge in [0.1, 0.15) is 13.2 Å². The standard InChI is InChI=1S/C15H12O5S2.C13H8O5S2.CH4O.CH4/c1-2-20-11(16)7-19-6-8-5-10-12(17)9-3-4-21-14(9)13(18)15(10)22-8;14-9(15)5-18-4-6-3-8-10(16)7-1-2-19-12(7)11(17)13(8)20-6;1-2;/h3-5H,2,6-7H2,1H3;1-3H,4-5H2,(H,14,15);2H,1H3;1H4. The molecule has 0 aromatic carbocycles. The molecule has 2 aliphatic carbocycles. The van der Waals surface area contributed by atoms with E-state index in [9.17, 15) is 28.8 Å². The molecule has 2 N–H and O–H groups in total. The van der Waals surface area contributed by atoms with Gasteiger partial charge in [0.15, 0.2) is 11.6 Å². The Bertz CT molecular complexity index is 1640. The third kappa shape index (κ3) is 7.76. The number of carboxylic acid groups (broad SMARTS) is 1. The Morgan fingerprint density at radius 1 is 0.689 bits per heavy atom. The van der Waals surface area contributed by atoms with Crippen molar-refractivity contribution in [2.75, 3.05) is 26.9 Å².